The highest BCUT2D eigenvalue weighted by molar-refractivity contribution is 9.11. The molecule has 0 fully saturated rings. The lowest BCUT2D eigenvalue weighted by molar-refractivity contribution is -0.112. The van der Waals surface area contributed by atoms with Gasteiger partial charge in [-0.15, -0.1) is 0 Å². The predicted molar refractivity (Wildman–Crippen MR) is 137 cm³/mol. The molecular formula is C25H19Br2ClN2O3. The highest BCUT2D eigenvalue weighted by atomic mass is 79.9. The third kappa shape index (κ3) is 7.10. The number of benzene rings is 3. The van der Waals surface area contributed by atoms with Crippen molar-refractivity contribution in [3.8, 4) is 17.6 Å². The number of rotatable bonds is 8. The van der Waals surface area contributed by atoms with Gasteiger partial charge in [0.25, 0.3) is 5.91 Å². The van der Waals surface area contributed by atoms with Crippen LogP contribution in [0.4, 0.5) is 5.69 Å². The molecule has 0 heterocycles. The van der Waals surface area contributed by atoms with E-state index in [0.717, 1.165) is 5.56 Å². The van der Waals surface area contributed by atoms with Crippen LogP contribution < -0.4 is 14.8 Å². The van der Waals surface area contributed by atoms with Crippen molar-refractivity contribution >= 4 is 61.1 Å². The van der Waals surface area contributed by atoms with Crippen LogP contribution in [-0.4, -0.2) is 12.5 Å². The minimum Gasteiger partial charge on any atom is -0.494 e. The van der Waals surface area contributed by atoms with Crippen molar-refractivity contribution in [3.05, 3.63) is 91.3 Å². The van der Waals surface area contributed by atoms with Crippen LogP contribution in [0, 0.1) is 11.3 Å². The van der Waals surface area contributed by atoms with Crippen LogP contribution in [0.2, 0.25) is 5.02 Å². The number of ether oxygens (including phenoxy) is 2. The van der Waals surface area contributed by atoms with Gasteiger partial charge < -0.3 is 14.8 Å². The van der Waals surface area contributed by atoms with Crippen LogP contribution in [0.3, 0.4) is 0 Å². The molecule has 8 heteroatoms. The van der Waals surface area contributed by atoms with Crippen molar-refractivity contribution in [1.82, 2.24) is 0 Å². The summed E-state index contributed by atoms with van der Waals surface area (Å²) in [5, 5.41) is 12.9. The summed E-state index contributed by atoms with van der Waals surface area (Å²) in [5.74, 6) is 0.816. The smallest absolute Gasteiger partial charge is 0.266 e. The van der Waals surface area contributed by atoms with Crippen molar-refractivity contribution in [2.45, 2.75) is 13.5 Å². The van der Waals surface area contributed by atoms with E-state index in [1.807, 2.05) is 25.1 Å². The predicted octanol–water partition coefficient (Wildman–Crippen LogP) is 7.39. The lowest BCUT2D eigenvalue weighted by atomic mass is 10.1. The Morgan fingerprint density at radius 2 is 1.70 bits per heavy atom. The van der Waals surface area contributed by atoms with Gasteiger partial charge in [-0.05, 0) is 105 Å². The summed E-state index contributed by atoms with van der Waals surface area (Å²) in [6.07, 6.45) is 1.52. The Labute approximate surface area is 214 Å². The van der Waals surface area contributed by atoms with Crippen LogP contribution in [0.5, 0.6) is 11.5 Å². The molecule has 0 spiro atoms. The molecule has 5 nitrogen and oxygen atoms in total. The molecule has 3 rings (SSSR count). The zero-order valence-corrected chi connectivity index (χ0v) is 21.5. The molecule has 0 atom stereocenters. The lowest BCUT2D eigenvalue weighted by Crippen LogP contribution is -2.13. The van der Waals surface area contributed by atoms with Gasteiger partial charge in [0, 0.05) is 10.7 Å². The first-order chi connectivity index (χ1) is 15.9. The van der Waals surface area contributed by atoms with E-state index in [1.54, 1.807) is 48.5 Å². The summed E-state index contributed by atoms with van der Waals surface area (Å²) in [6, 6.07) is 19.9. The maximum absolute atomic E-state index is 12.6. The summed E-state index contributed by atoms with van der Waals surface area (Å²) in [6.45, 7) is 2.81. The number of nitrogens with one attached hydrogen (secondary N) is 1. The van der Waals surface area contributed by atoms with E-state index < -0.39 is 5.91 Å². The van der Waals surface area contributed by atoms with Gasteiger partial charge in [-0.1, -0.05) is 23.7 Å². The molecule has 0 unspecified atom stereocenters. The molecule has 1 amide bonds. The highest BCUT2D eigenvalue weighted by Crippen LogP contribution is 2.36. The molecule has 0 saturated heterocycles. The maximum atomic E-state index is 12.6. The molecule has 33 heavy (non-hydrogen) atoms. The molecular weight excluding hydrogens is 572 g/mol. The Morgan fingerprint density at radius 3 is 2.27 bits per heavy atom. The summed E-state index contributed by atoms with van der Waals surface area (Å²) < 4.78 is 12.7. The van der Waals surface area contributed by atoms with Gasteiger partial charge in [0.1, 0.15) is 29.7 Å². The Kier molecular flexibility index (Phi) is 8.95. The van der Waals surface area contributed by atoms with Crippen LogP contribution >= 0.6 is 43.5 Å². The molecule has 0 aliphatic carbocycles. The Morgan fingerprint density at radius 1 is 1.06 bits per heavy atom. The van der Waals surface area contributed by atoms with E-state index >= 15 is 0 Å². The van der Waals surface area contributed by atoms with Crippen molar-refractivity contribution in [3.63, 3.8) is 0 Å². The van der Waals surface area contributed by atoms with E-state index in [9.17, 15) is 10.1 Å². The van der Waals surface area contributed by atoms with E-state index in [-0.39, 0.29) is 5.57 Å². The van der Waals surface area contributed by atoms with Crippen LogP contribution in [-0.2, 0) is 11.4 Å². The number of hydrogen-bond donors (Lipinski definition) is 1. The number of halogens is 3. The first-order valence-corrected chi connectivity index (χ1v) is 11.9. The molecule has 0 radical (unpaired) electrons. The maximum Gasteiger partial charge on any atom is 0.266 e. The first-order valence-electron chi connectivity index (χ1n) is 9.92. The summed E-state index contributed by atoms with van der Waals surface area (Å²) >= 11 is 12.9. The van der Waals surface area contributed by atoms with Gasteiger partial charge in [0.2, 0.25) is 0 Å². The number of nitriles is 1. The number of anilines is 1. The lowest BCUT2D eigenvalue weighted by Gasteiger charge is -2.12. The highest BCUT2D eigenvalue weighted by Gasteiger charge is 2.13. The van der Waals surface area contributed by atoms with Crippen molar-refractivity contribution in [2.75, 3.05) is 11.9 Å². The Hall–Kier alpha value is -2.79. The number of amides is 1. The zero-order chi connectivity index (χ0) is 23.8. The summed E-state index contributed by atoms with van der Waals surface area (Å²) in [7, 11) is 0. The Balaban J connectivity index is 1.72. The van der Waals surface area contributed by atoms with Crippen LogP contribution in [0.15, 0.2) is 75.2 Å². The fourth-order valence-corrected chi connectivity index (χ4v) is 4.43. The van der Waals surface area contributed by atoms with Gasteiger partial charge in [0.05, 0.1) is 15.6 Å². The quantitative estimate of drug-likeness (QED) is 0.219. The van der Waals surface area contributed by atoms with Crippen molar-refractivity contribution < 1.29 is 14.3 Å². The molecule has 0 aliphatic heterocycles. The Bertz CT molecular complexity index is 1180. The molecule has 3 aromatic rings. The van der Waals surface area contributed by atoms with Gasteiger partial charge in [0.15, 0.2) is 0 Å². The topological polar surface area (TPSA) is 71.3 Å². The van der Waals surface area contributed by atoms with Crippen molar-refractivity contribution in [1.29, 1.82) is 5.26 Å². The van der Waals surface area contributed by atoms with Gasteiger partial charge in [-0.2, -0.15) is 5.26 Å². The third-order valence-corrected chi connectivity index (χ3v) is 5.85. The minimum atomic E-state index is -0.503. The SMILES string of the molecule is CCOc1ccc(NC(=O)/C(C#N)=C\c2cc(Br)c(OCc3ccc(Cl)cc3)c(Br)c2)cc1. The third-order valence-electron chi connectivity index (χ3n) is 4.42. The zero-order valence-electron chi connectivity index (χ0n) is 17.6. The van der Waals surface area contributed by atoms with Gasteiger partial charge in [-0.25, -0.2) is 0 Å². The van der Waals surface area contributed by atoms with Gasteiger partial charge >= 0.3 is 0 Å². The second-order valence-electron chi connectivity index (χ2n) is 6.81. The monoisotopic (exact) mass is 588 g/mol. The van der Waals surface area contributed by atoms with E-state index in [0.29, 0.717) is 49.9 Å². The van der Waals surface area contributed by atoms with Crippen LogP contribution in [0.1, 0.15) is 18.1 Å². The number of carbonyl (C=O) groups excluding carboxylic acids is 1. The normalized spacial score (nSPS) is 10.9. The largest absolute Gasteiger partial charge is 0.494 e. The molecule has 168 valence electrons. The number of hydrogen-bond acceptors (Lipinski definition) is 4. The van der Waals surface area contributed by atoms with E-state index in [2.05, 4.69) is 37.2 Å². The molecule has 3 aromatic carbocycles. The number of nitrogens with zero attached hydrogens (tertiary/aromatic N) is 1. The fourth-order valence-electron chi connectivity index (χ4n) is 2.85. The first kappa shape index (κ1) is 24.8. The average molecular weight is 591 g/mol. The molecule has 0 aromatic heterocycles. The fraction of sp³-hybridized carbons (Fsp3) is 0.120. The molecule has 0 aliphatic rings. The second kappa shape index (κ2) is 11.9. The minimum absolute atomic E-state index is 0.0301. The molecule has 0 bridgehead atoms. The van der Waals surface area contributed by atoms with Gasteiger partial charge in [-0.3, -0.25) is 4.79 Å². The standard InChI is InChI=1S/C25H19Br2ClN2O3/c1-2-32-21-9-7-20(8-10-21)30-25(31)18(14-29)11-17-12-22(26)24(23(27)13-17)33-15-16-3-5-19(28)6-4-16/h3-13H,2,15H2,1H3,(H,30,31)/b18-11-. The number of carbonyl (C=O) groups is 1. The molecule has 1 N–H and O–H groups in total. The average Bonchev–Trinajstić information content (AvgIpc) is 2.79. The van der Waals surface area contributed by atoms with E-state index in [4.69, 9.17) is 21.1 Å². The van der Waals surface area contributed by atoms with Crippen LogP contribution in [0.25, 0.3) is 6.08 Å². The van der Waals surface area contributed by atoms with E-state index in [1.165, 1.54) is 6.08 Å². The summed E-state index contributed by atoms with van der Waals surface area (Å²) in [4.78, 5) is 12.6. The van der Waals surface area contributed by atoms with Crippen molar-refractivity contribution in [2.24, 2.45) is 0 Å². The molecule has 0 saturated carbocycles. The summed E-state index contributed by atoms with van der Waals surface area (Å²) in [5.41, 5.74) is 2.17. The second-order valence-corrected chi connectivity index (χ2v) is 8.96.